The normalized spacial score (nSPS) is 17.7. The molecule has 21 heavy (non-hydrogen) atoms. The molecule has 1 aliphatic carbocycles. The van der Waals surface area contributed by atoms with E-state index in [2.05, 4.69) is 29.6 Å². The Morgan fingerprint density at radius 3 is 2.81 bits per heavy atom. The van der Waals surface area contributed by atoms with Crippen LogP contribution in [0.5, 0.6) is 0 Å². The molecule has 6 heteroatoms. The molecule has 2 amide bonds. The zero-order valence-corrected chi connectivity index (χ0v) is 12.9. The van der Waals surface area contributed by atoms with E-state index < -0.39 is 5.60 Å². The van der Waals surface area contributed by atoms with Gasteiger partial charge < -0.3 is 10.4 Å². The summed E-state index contributed by atoms with van der Waals surface area (Å²) in [5, 5.41) is 20.1. The fraction of sp³-hybridized carbons (Fsp3) is 0.733. The summed E-state index contributed by atoms with van der Waals surface area (Å²) in [6.07, 6.45) is 6.43. The van der Waals surface area contributed by atoms with Gasteiger partial charge in [0.05, 0.1) is 11.8 Å². The number of rotatable bonds is 5. The topological polar surface area (TPSA) is 79.2 Å². The Labute approximate surface area is 125 Å². The van der Waals surface area contributed by atoms with E-state index in [1.54, 1.807) is 16.9 Å². The zero-order chi connectivity index (χ0) is 15.3. The molecule has 0 saturated heterocycles. The van der Waals surface area contributed by atoms with Crippen LogP contribution in [0.25, 0.3) is 0 Å². The number of urea groups is 1. The van der Waals surface area contributed by atoms with E-state index in [9.17, 15) is 9.90 Å². The summed E-state index contributed by atoms with van der Waals surface area (Å²) in [4.78, 5) is 12.0. The highest BCUT2D eigenvalue weighted by Gasteiger charge is 2.29. The minimum Gasteiger partial charge on any atom is -0.388 e. The second-order valence-corrected chi connectivity index (χ2v) is 6.39. The molecule has 0 spiro atoms. The summed E-state index contributed by atoms with van der Waals surface area (Å²) >= 11 is 0. The molecule has 2 rings (SSSR count). The summed E-state index contributed by atoms with van der Waals surface area (Å²) in [7, 11) is 0. The Bertz CT molecular complexity index is 464. The number of aliphatic hydroxyl groups is 1. The molecule has 0 radical (unpaired) electrons. The minimum atomic E-state index is -0.742. The Hall–Kier alpha value is -1.56. The van der Waals surface area contributed by atoms with E-state index in [1.807, 2.05) is 0 Å². The third-order valence-corrected chi connectivity index (χ3v) is 3.86. The quantitative estimate of drug-likeness (QED) is 0.780. The van der Waals surface area contributed by atoms with Gasteiger partial charge in [-0.05, 0) is 18.8 Å². The van der Waals surface area contributed by atoms with Gasteiger partial charge >= 0.3 is 6.03 Å². The van der Waals surface area contributed by atoms with Gasteiger partial charge in [0.2, 0.25) is 0 Å². The maximum Gasteiger partial charge on any atom is 0.320 e. The highest BCUT2D eigenvalue weighted by atomic mass is 16.3. The van der Waals surface area contributed by atoms with Crippen LogP contribution >= 0.6 is 0 Å². The van der Waals surface area contributed by atoms with Crippen molar-refractivity contribution >= 4 is 11.8 Å². The predicted molar refractivity (Wildman–Crippen MR) is 82.1 cm³/mol. The van der Waals surface area contributed by atoms with E-state index in [0.717, 1.165) is 32.2 Å². The fourth-order valence-electron chi connectivity index (χ4n) is 2.72. The lowest BCUT2D eigenvalue weighted by molar-refractivity contribution is 0.00755. The molecule has 0 bridgehead atoms. The Balaban J connectivity index is 1.83. The minimum absolute atomic E-state index is 0.292. The largest absolute Gasteiger partial charge is 0.388 e. The van der Waals surface area contributed by atoms with Crippen LogP contribution in [0.1, 0.15) is 46.0 Å². The van der Waals surface area contributed by atoms with Crippen LogP contribution in [0.2, 0.25) is 0 Å². The summed E-state index contributed by atoms with van der Waals surface area (Å²) in [5.41, 5.74) is -0.742. The first-order valence-electron chi connectivity index (χ1n) is 7.77. The van der Waals surface area contributed by atoms with E-state index in [4.69, 9.17) is 0 Å². The van der Waals surface area contributed by atoms with Crippen molar-refractivity contribution in [3.05, 3.63) is 12.3 Å². The zero-order valence-electron chi connectivity index (χ0n) is 12.9. The molecule has 1 saturated carbocycles. The van der Waals surface area contributed by atoms with Crippen LogP contribution in [0, 0.1) is 5.92 Å². The number of nitrogens with one attached hydrogen (secondary N) is 2. The van der Waals surface area contributed by atoms with Crippen molar-refractivity contribution < 1.29 is 9.90 Å². The molecule has 1 aromatic rings. The van der Waals surface area contributed by atoms with Gasteiger partial charge in [0.15, 0.2) is 0 Å². The van der Waals surface area contributed by atoms with Gasteiger partial charge in [-0.25, -0.2) is 9.48 Å². The van der Waals surface area contributed by atoms with Gasteiger partial charge in [-0.3, -0.25) is 5.32 Å². The lowest BCUT2D eigenvalue weighted by Gasteiger charge is -2.32. The number of aromatic nitrogens is 2. The number of anilines is 1. The predicted octanol–water partition coefficient (Wildman–Crippen LogP) is 2.36. The van der Waals surface area contributed by atoms with E-state index >= 15 is 0 Å². The second-order valence-electron chi connectivity index (χ2n) is 6.39. The highest BCUT2D eigenvalue weighted by Crippen LogP contribution is 2.27. The molecule has 1 fully saturated rings. The number of carbonyl (C=O) groups excluding carboxylic acids is 1. The number of amides is 2. The standard InChI is InChI=1S/C15H26N4O2/c1-12(2)10-19-13(6-9-17-19)18-14(20)16-11-15(21)7-4-3-5-8-15/h6,9,12,21H,3-5,7-8,10-11H2,1-2H3,(H2,16,18,20). The van der Waals surface area contributed by atoms with Crippen LogP contribution < -0.4 is 10.6 Å². The number of nitrogens with zero attached hydrogens (tertiary/aromatic N) is 2. The summed E-state index contributed by atoms with van der Waals surface area (Å²) < 4.78 is 1.78. The van der Waals surface area contributed by atoms with Crippen molar-refractivity contribution in [2.45, 2.75) is 58.1 Å². The molecule has 0 aliphatic heterocycles. The SMILES string of the molecule is CC(C)Cn1nccc1NC(=O)NCC1(O)CCCCC1. The Morgan fingerprint density at radius 2 is 2.14 bits per heavy atom. The highest BCUT2D eigenvalue weighted by molar-refractivity contribution is 5.88. The van der Waals surface area contributed by atoms with Crippen LogP contribution in [-0.2, 0) is 6.54 Å². The van der Waals surface area contributed by atoms with E-state index in [1.165, 1.54) is 6.42 Å². The molecule has 0 atom stereocenters. The van der Waals surface area contributed by atoms with Gasteiger partial charge in [0.1, 0.15) is 5.82 Å². The van der Waals surface area contributed by atoms with Crippen LogP contribution in [0.15, 0.2) is 12.3 Å². The molecule has 1 aromatic heterocycles. The lowest BCUT2D eigenvalue weighted by Crippen LogP contribution is -2.45. The summed E-state index contributed by atoms with van der Waals surface area (Å²) in [6, 6.07) is 1.48. The third kappa shape index (κ3) is 4.74. The van der Waals surface area contributed by atoms with Gasteiger partial charge in [-0.1, -0.05) is 33.1 Å². The molecule has 118 valence electrons. The summed E-state index contributed by atoms with van der Waals surface area (Å²) in [5.74, 6) is 1.13. The lowest BCUT2D eigenvalue weighted by atomic mass is 9.85. The van der Waals surface area contributed by atoms with Crippen LogP contribution in [-0.4, -0.2) is 33.1 Å². The Kier molecular flexibility index (Phi) is 5.22. The number of hydrogen-bond donors (Lipinski definition) is 3. The van der Waals surface area contributed by atoms with Crippen molar-refractivity contribution in [1.82, 2.24) is 15.1 Å². The molecular formula is C15H26N4O2. The Morgan fingerprint density at radius 1 is 1.43 bits per heavy atom. The summed E-state index contributed by atoms with van der Waals surface area (Å²) in [6.45, 7) is 5.26. The van der Waals surface area contributed by atoms with Gasteiger partial charge in [0.25, 0.3) is 0 Å². The number of hydrogen-bond acceptors (Lipinski definition) is 3. The molecular weight excluding hydrogens is 268 g/mol. The van der Waals surface area contributed by atoms with Crippen LogP contribution in [0.4, 0.5) is 10.6 Å². The molecule has 0 unspecified atom stereocenters. The van der Waals surface area contributed by atoms with Crippen molar-refractivity contribution in [3.8, 4) is 0 Å². The van der Waals surface area contributed by atoms with Gasteiger partial charge in [0, 0.05) is 19.2 Å². The van der Waals surface area contributed by atoms with Crippen molar-refractivity contribution in [3.63, 3.8) is 0 Å². The van der Waals surface area contributed by atoms with Gasteiger partial charge in [-0.15, -0.1) is 0 Å². The molecule has 0 aromatic carbocycles. The van der Waals surface area contributed by atoms with E-state index in [-0.39, 0.29) is 6.03 Å². The fourth-order valence-corrected chi connectivity index (χ4v) is 2.72. The van der Waals surface area contributed by atoms with E-state index in [0.29, 0.717) is 18.3 Å². The molecule has 1 aliphatic rings. The maximum atomic E-state index is 12.0. The molecule has 1 heterocycles. The first-order chi connectivity index (χ1) is 9.98. The molecule has 6 nitrogen and oxygen atoms in total. The van der Waals surface area contributed by atoms with Crippen LogP contribution in [0.3, 0.4) is 0 Å². The second kappa shape index (κ2) is 6.93. The molecule has 3 N–H and O–H groups in total. The van der Waals surface area contributed by atoms with Crippen molar-refractivity contribution in [2.75, 3.05) is 11.9 Å². The smallest absolute Gasteiger partial charge is 0.320 e. The van der Waals surface area contributed by atoms with Gasteiger partial charge in [-0.2, -0.15) is 5.10 Å². The third-order valence-electron chi connectivity index (χ3n) is 3.86. The number of carbonyl (C=O) groups is 1. The monoisotopic (exact) mass is 294 g/mol. The first kappa shape index (κ1) is 15.8. The average molecular weight is 294 g/mol. The average Bonchev–Trinajstić information content (AvgIpc) is 2.84. The van der Waals surface area contributed by atoms with Crippen molar-refractivity contribution in [2.24, 2.45) is 5.92 Å². The first-order valence-corrected chi connectivity index (χ1v) is 7.77. The maximum absolute atomic E-state index is 12.0. The van der Waals surface area contributed by atoms with Crippen molar-refractivity contribution in [1.29, 1.82) is 0 Å².